The van der Waals surface area contributed by atoms with Gasteiger partial charge in [-0.05, 0) is 41.0 Å². The first-order valence-electron chi connectivity index (χ1n) is 8.45. The van der Waals surface area contributed by atoms with E-state index in [2.05, 4.69) is 0 Å². The van der Waals surface area contributed by atoms with Crippen molar-refractivity contribution in [3.05, 3.63) is 83.4 Å². The summed E-state index contributed by atoms with van der Waals surface area (Å²) in [6, 6.07) is 20.2. The van der Waals surface area contributed by atoms with Gasteiger partial charge in [0.05, 0.1) is 12.5 Å². The van der Waals surface area contributed by atoms with Gasteiger partial charge in [0.2, 0.25) is 0 Å². The number of carbonyl (C=O) groups is 1. The molecule has 0 unspecified atom stereocenters. The van der Waals surface area contributed by atoms with Gasteiger partial charge in [-0.15, -0.1) is 0 Å². The topological polar surface area (TPSA) is 66.8 Å². The molecule has 1 heterocycles. The lowest BCUT2D eigenvalue weighted by Gasteiger charge is -2.17. The minimum Gasteiger partial charge on any atom is -0.508 e. The number of ether oxygens (including phenoxy) is 1. The molecule has 0 radical (unpaired) electrons. The normalized spacial score (nSPS) is 18.2. The number of aldehydes is 1. The average Bonchev–Trinajstić information content (AvgIpc) is 3.06. The molecule has 3 aromatic rings. The standard InChI is InChI=1S/C22H18O4/c23-12-14-1-3-15(4-2-14)17-7-10-21-19(11-17)20(13-24)22(26-21)16-5-8-18(25)9-6-16/h1-12,20,22,24-25H,13H2/t20-,22+/m0/s1. The lowest BCUT2D eigenvalue weighted by molar-refractivity contribution is 0.112. The summed E-state index contributed by atoms with van der Waals surface area (Å²) in [5.74, 6) is 0.782. The molecular weight excluding hydrogens is 328 g/mol. The number of hydrogen-bond donors (Lipinski definition) is 2. The Morgan fingerprint density at radius 2 is 1.62 bits per heavy atom. The highest BCUT2D eigenvalue weighted by Crippen LogP contribution is 2.47. The van der Waals surface area contributed by atoms with Crippen molar-refractivity contribution < 1.29 is 19.7 Å². The number of rotatable bonds is 4. The highest BCUT2D eigenvalue weighted by Gasteiger charge is 2.35. The Balaban J connectivity index is 1.69. The van der Waals surface area contributed by atoms with Crippen LogP contribution in [0.25, 0.3) is 11.1 Å². The van der Waals surface area contributed by atoms with Crippen LogP contribution in [0.3, 0.4) is 0 Å². The number of hydrogen-bond acceptors (Lipinski definition) is 4. The fourth-order valence-electron chi connectivity index (χ4n) is 3.42. The van der Waals surface area contributed by atoms with Crippen molar-refractivity contribution in [3.63, 3.8) is 0 Å². The monoisotopic (exact) mass is 346 g/mol. The molecule has 0 spiro atoms. The molecule has 0 fully saturated rings. The molecule has 2 N–H and O–H groups in total. The van der Waals surface area contributed by atoms with Gasteiger partial charge in [-0.2, -0.15) is 0 Å². The zero-order chi connectivity index (χ0) is 18.1. The minimum atomic E-state index is -0.289. The Kier molecular flexibility index (Phi) is 4.19. The fraction of sp³-hybridized carbons (Fsp3) is 0.136. The van der Waals surface area contributed by atoms with Crippen LogP contribution in [0.2, 0.25) is 0 Å². The summed E-state index contributed by atoms with van der Waals surface area (Å²) in [4.78, 5) is 10.8. The van der Waals surface area contributed by atoms with Gasteiger partial charge < -0.3 is 14.9 Å². The van der Waals surface area contributed by atoms with Gasteiger partial charge in [0.15, 0.2) is 0 Å². The summed E-state index contributed by atoms with van der Waals surface area (Å²) >= 11 is 0. The van der Waals surface area contributed by atoms with Crippen molar-refractivity contribution in [2.24, 2.45) is 0 Å². The molecule has 0 amide bonds. The van der Waals surface area contributed by atoms with Crippen LogP contribution in [-0.4, -0.2) is 23.1 Å². The van der Waals surface area contributed by atoms with E-state index in [4.69, 9.17) is 4.74 Å². The number of carbonyl (C=O) groups excluding carboxylic acids is 1. The molecule has 4 nitrogen and oxygen atoms in total. The Labute approximate surface area is 151 Å². The molecule has 1 aliphatic rings. The molecule has 26 heavy (non-hydrogen) atoms. The second-order valence-electron chi connectivity index (χ2n) is 6.41. The summed E-state index contributed by atoms with van der Waals surface area (Å²) < 4.78 is 6.08. The van der Waals surface area contributed by atoms with E-state index in [0.717, 1.165) is 34.3 Å². The maximum Gasteiger partial charge on any atom is 0.150 e. The third kappa shape index (κ3) is 2.85. The molecule has 130 valence electrons. The molecule has 0 aromatic heterocycles. The molecule has 4 heteroatoms. The number of phenolic OH excluding ortho intramolecular Hbond substituents is 1. The van der Waals surface area contributed by atoms with Crippen molar-refractivity contribution in [3.8, 4) is 22.6 Å². The summed E-state index contributed by atoms with van der Waals surface area (Å²) in [7, 11) is 0. The van der Waals surface area contributed by atoms with Gasteiger partial charge in [-0.1, -0.05) is 42.5 Å². The van der Waals surface area contributed by atoms with Crippen LogP contribution in [0.5, 0.6) is 11.5 Å². The average molecular weight is 346 g/mol. The molecule has 0 saturated carbocycles. The van der Waals surface area contributed by atoms with Crippen LogP contribution in [0.4, 0.5) is 0 Å². The summed E-state index contributed by atoms with van der Waals surface area (Å²) in [5.41, 5.74) is 4.52. The van der Waals surface area contributed by atoms with E-state index in [-0.39, 0.29) is 24.4 Å². The number of phenols is 1. The Hall–Kier alpha value is -3.11. The highest BCUT2D eigenvalue weighted by molar-refractivity contribution is 5.77. The van der Waals surface area contributed by atoms with Gasteiger partial charge in [-0.3, -0.25) is 4.79 Å². The molecule has 3 aromatic carbocycles. The van der Waals surface area contributed by atoms with E-state index in [0.29, 0.717) is 5.56 Å². The second kappa shape index (κ2) is 6.65. The maximum absolute atomic E-state index is 10.8. The first-order chi connectivity index (χ1) is 12.7. The lowest BCUT2D eigenvalue weighted by Crippen LogP contribution is -2.13. The van der Waals surface area contributed by atoms with Gasteiger partial charge in [0, 0.05) is 11.1 Å². The van der Waals surface area contributed by atoms with Crippen molar-refractivity contribution in [2.75, 3.05) is 6.61 Å². The number of aliphatic hydroxyl groups excluding tert-OH is 1. The first kappa shape index (κ1) is 16.4. The smallest absolute Gasteiger partial charge is 0.150 e. The highest BCUT2D eigenvalue weighted by atomic mass is 16.5. The maximum atomic E-state index is 10.8. The van der Waals surface area contributed by atoms with Gasteiger partial charge in [0.25, 0.3) is 0 Å². The second-order valence-corrected chi connectivity index (χ2v) is 6.41. The zero-order valence-corrected chi connectivity index (χ0v) is 14.0. The van der Waals surface area contributed by atoms with E-state index in [1.54, 1.807) is 24.3 Å². The molecule has 1 aliphatic heterocycles. The van der Waals surface area contributed by atoms with Crippen LogP contribution in [0.1, 0.15) is 33.5 Å². The van der Waals surface area contributed by atoms with Crippen LogP contribution < -0.4 is 4.74 Å². The van der Waals surface area contributed by atoms with Crippen LogP contribution >= 0.6 is 0 Å². The third-order valence-electron chi connectivity index (χ3n) is 4.83. The Bertz CT molecular complexity index is 929. The third-order valence-corrected chi connectivity index (χ3v) is 4.83. The molecule has 0 saturated heterocycles. The lowest BCUT2D eigenvalue weighted by atomic mass is 9.90. The largest absolute Gasteiger partial charge is 0.508 e. The van der Waals surface area contributed by atoms with Crippen molar-refractivity contribution >= 4 is 6.29 Å². The van der Waals surface area contributed by atoms with E-state index < -0.39 is 0 Å². The molecule has 2 atom stereocenters. The van der Waals surface area contributed by atoms with Gasteiger partial charge in [-0.25, -0.2) is 0 Å². The predicted octanol–water partition coefficient (Wildman–Crippen LogP) is 4.08. The predicted molar refractivity (Wildman–Crippen MR) is 98.6 cm³/mol. The first-order valence-corrected chi connectivity index (χ1v) is 8.45. The Morgan fingerprint density at radius 1 is 0.923 bits per heavy atom. The van der Waals surface area contributed by atoms with Crippen LogP contribution in [0, 0.1) is 0 Å². The van der Waals surface area contributed by atoms with Crippen molar-refractivity contribution in [1.29, 1.82) is 0 Å². The SMILES string of the molecule is O=Cc1ccc(-c2ccc3c(c2)[C@H](CO)[C@@H](c2ccc(O)cc2)O3)cc1. The Morgan fingerprint density at radius 3 is 2.27 bits per heavy atom. The van der Waals surface area contributed by atoms with E-state index in [1.807, 2.05) is 42.5 Å². The van der Waals surface area contributed by atoms with Gasteiger partial charge in [0.1, 0.15) is 23.9 Å². The number of benzene rings is 3. The van der Waals surface area contributed by atoms with E-state index in [1.165, 1.54) is 0 Å². The number of fused-ring (bicyclic) bond motifs is 1. The number of aliphatic hydroxyl groups is 1. The summed E-state index contributed by atoms with van der Waals surface area (Å²) in [6.07, 6.45) is 0.535. The van der Waals surface area contributed by atoms with Crippen molar-refractivity contribution in [1.82, 2.24) is 0 Å². The number of aromatic hydroxyl groups is 1. The van der Waals surface area contributed by atoms with Crippen LogP contribution in [0.15, 0.2) is 66.7 Å². The molecule has 0 bridgehead atoms. The zero-order valence-electron chi connectivity index (χ0n) is 14.0. The molecule has 0 aliphatic carbocycles. The fourth-order valence-corrected chi connectivity index (χ4v) is 3.42. The van der Waals surface area contributed by atoms with E-state index >= 15 is 0 Å². The quantitative estimate of drug-likeness (QED) is 0.699. The molecule has 4 rings (SSSR count). The molecular formula is C22H18O4. The summed E-state index contributed by atoms with van der Waals surface area (Å²) in [6.45, 7) is -0.0356. The van der Waals surface area contributed by atoms with Crippen molar-refractivity contribution in [2.45, 2.75) is 12.0 Å². The summed E-state index contributed by atoms with van der Waals surface area (Å²) in [5, 5.41) is 19.4. The minimum absolute atomic E-state index is 0.0356. The van der Waals surface area contributed by atoms with Crippen LogP contribution in [-0.2, 0) is 0 Å². The van der Waals surface area contributed by atoms with E-state index in [9.17, 15) is 15.0 Å². The van der Waals surface area contributed by atoms with Gasteiger partial charge >= 0.3 is 0 Å².